The van der Waals surface area contributed by atoms with Crippen LogP contribution in [-0.4, -0.2) is 24.9 Å². The SMILES string of the molecule is C\C=C/C=C(\C=C/C)C(/C=C\C)=C\C=C/C(C)(CC)OCC1CO1. The molecule has 2 atom stereocenters. The van der Waals surface area contributed by atoms with Crippen molar-refractivity contribution in [2.45, 2.75) is 52.7 Å². The van der Waals surface area contributed by atoms with Gasteiger partial charge in [-0.05, 0) is 45.3 Å². The highest BCUT2D eigenvalue weighted by Gasteiger charge is 2.27. The van der Waals surface area contributed by atoms with Crippen molar-refractivity contribution >= 4 is 0 Å². The maximum Gasteiger partial charge on any atom is 0.104 e. The molecule has 1 rings (SSSR count). The lowest BCUT2D eigenvalue weighted by Crippen LogP contribution is -2.27. The zero-order valence-electron chi connectivity index (χ0n) is 15.8. The predicted molar refractivity (Wildman–Crippen MR) is 104 cm³/mol. The summed E-state index contributed by atoms with van der Waals surface area (Å²) >= 11 is 0. The molecule has 0 aromatic carbocycles. The summed E-state index contributed by atoms with van der Waals surface area (Å²) in [5, 5.41) is 0. The van der Waals surface area contributed by atoms with Gasteiger partial charge in [0.05, 0.1) is 18.8 Å². The van der Waals surface area contributed by atoms with Gasteiger partial charge in [-0.25, -0.2) is 0 Å². The highest BCUT2D eigenvalue weighted by atomic mass is 16.6. The van der Waals surface area contributed by atoms with Crippen LogP contribution in [0.1, 0.15) is 41.0 Å². The molecule has 2 unspecified atom stereocenters. The second-order valence-corrected chi connectivity index (χ2v) is 6.06. The molecule has 132 valence electrons. The molecule has 0 N–H and O–H groups in total. The van der Waals surface area contributed by atoms with Crippen LogP contribution in [0.2, 0.25) is 0 Å². The van der Waals surface area contributed by atoms with Gasteiger partial charge in [0, 0.05) is 0 Å². The van der Waals surface area contributed by atoms with E-state index in [0.29, 0.717) is 12.7 Å². The number of hydrogen-bond acceptors (Lipinski definition) is 2. The molecule has 1 heterocycles. The molecule has 0 aliphatic carbocycles. The largest absolute Gasteiger partial charge is 0.371 e. The molecular weight excluding hydrogens is 296 g/mol. The van der Waals surface area contributed by atoms with Gasteiger partial charge in [-0.3, -0.25) is 0 Å². The topological polar surface area (TPSA) is 21.8 Å². The fourth-order valence-electron chi connectivity index (χ4n) is 2.13. The van der Waals surface area contributed by atoms with Crippen LogP contribution < -0.4 is 0 Å². The number of rotatable bonds is 10. The summed E-state index contributed by atoms with van der Waals surface area (Å²) in [5.74, 6) is 0. The van der Waals surface area contributed by atoms with E-state index in [2.05, 4.69) is 68.5 Å². The van der Waals surface area contributed by atoms with Gasteiger partial charge in [-0.2, -0.15) is 0 Å². The molecule has 0 radical (unpaired) electrons. The van der Waals surface area contributed by atoms with Crippen LogP contribution in [-0.2, 0) is 9.47 Å². The molecule has 2 heteroatoms. The van der Waals surface area contributed by atoms with Gasteiger partial charge in [0.1, 0.15) is 6.10 Å². The molecule has 0 amide bonds. The van der Waals surface area contributed by atoms with Crippen LogP contribution in [0.25, 0.3) is 0 Å². The van der Waals surface area contributed by atoms with Gasteiger partial charge in [-0.1, -0.05) is 67.7 Å². The fraction of sp³-hybridized carbons (Fsp3) is 0.455. The van der Waals surface area contributed by atoms with Gasteiger partial charge in [0.15, 0.2) is 0 Å². The van der Waals surface area contributed by atoms with E-state index < -0.39 is 0 Å². The van der Waals surface area contributed by atoms with Crippen molar-refractivity contribution in [3.8, 4) is 0 Å². The van der Waals surface area contributed by atoms with Crippen molar-refractivity contribution in [3.63, 3.8) is 0 Å². The van der Waals surface area contributed by atoms with Crippen molar-refractivity contribution in [1.29, 1.82) is 0 Å². The van der Waals surface area contributed by atoms with Crippen molar-refractivity contribution in [3.05, 3.63) is 71.9 Å². The average Bonchev–Trinajstić information content (AvgIpc) is 3.40. The third-order valence-electron chi connectivity index (χ3n) is 3.92. The number of ether oxygens (including phenoxy) is 2. The molecule has 0 saturated carbocycles. The number of allylic oxidation sites excluding steroid dienone is 11. The molecule has 1 aliphatic rings. The summed E-state index contributed by atoms with van der Waals surface area (Å²) in [5.41, 5.74) is 2.11. The molecular formula is C22H32O2. The minimum atomic E-state index is -0.253. The summed E-state index contributed by atoms with van der Waals surface area (Å²) in [6.45, 7) is 11.9. The van der Waals surface area contributed by atoms with Crippen LogP contribution in [0.5, 0.6) is 0 Å². The first-order valence-corrected chi connectivity index (χ1v) is 8.82. The molecule has 1 fully saturated rings. The zero-order chi connectivity index (χ0) is 17.8. The Balaban J connectivity index is 2.92. The Hall–Kier alpha value is -1.64. The van der Waals surface area contributed by atoms with Crippen LogP contribution in [0, 0.1) is 0 Å². The first-order valence-electron chi connectivity index (χ1n) is 8.82. The van der Waals surface area contributed by atoms with Crippen LogP contribution in [0.4, 0.5) is 0 Å². The third kappa shape index (κ3) is 7.76. The lowest BCUT2D eigenvalue weighted by Gasteiger charge is -2.24. The van der Waals surface area contributed by atoms with Crippen LogP contribution >= 0.6 is 0 Å². The highest BCUT2D eigenvalue weighted by molar-refractivity contribution is 5.49. The molecule has 1 aliphatic heterocycles. The second-order valence-electron chi connectivity index (χ2n) is 6.06. The molecule has 0 aromatic rings. The van der Waals surface area contributed by atoms with E-state index in [0.717, 1.165) is 13.0 Å². The van der Waals surface area contributed by atoms with Gasteiger partial charge in [0.25, 0.3) is 0 Å². The molecule has 0 bridgehead atoms. The summed E-state index contributed by atoms with van der Waals surface area (Å²) in [6, 6.07) is 0. The van der Waals surface area contributed by atoms with Crippen molar-refractivity contribution in [2.24, 2.45) is 0 Å². The summed E-state index contributed by atoms with van der Waals surface area (Å²) in [7, 11) is 0. The van der Waals surface area contributed by atoms with E-state index in [1.807, 2.05) is 26.8 Å². The minimum absolute atomic E-state index is 0.253. The first kappa shape index (κ1) is 20.4. The minimum Gasteiger partial charge on any atom is -0.371 e. The van der Waals surface area contributed by atoms with Crippen molar-refractivity contribution < 1.29 is 9.47 Å². The third-order valence-corrected chi connectivity index (χ3v) is 3.92. The van der Waals surface area contributed by atoms with E-state index in [-0.39, 0.29) is 5.60 Å². The fourth-order valence-corrected chi connectivity index (χ4v) is 2.13. The number of hydrogen-bond donors (Lipinski definition) is 0. The van der Waals surface area contributed by atoms with E-state index >= 15 is 0 Å². The Morgan fingerprint density at radius 2 is 1.62 bits per heavy atom. The lowest BCUT2D eigenvalue weighted by molar-refractivity contribution is -0.00492. The Labute approximate surface area is 147 Å². The monoisotopic (exact) mass is 328 g/mol. The lowest BCUT2D eigenvalue weighted by atomic mass is 10.00. The van der Waals surface area contributed by atoms with E-state index in [9.17, 15) is 0 Å². The number of epoxide rings is 1. The zero-order valence-corrected chi connectivity index (χ0v) is 15.8. The normalized spacial score (nSPS) is 22.3. The van der Waals surface area contributed by atoms with Gasteiger partial charge in [-0.15, -0.1) is 0 Å². The summed E-state index contributed by atoms with van der Waals surface area (Å²) < 4.78 is 11.2. The first-order chi connectivity index (χ1) is 11.6. The average molecular weight is 328 g/mol. The molecule has 2 nitrogen and oxygen atoms in total. The van der Waals surface area contributed by atoms with Crippen molar-refractivity contribution in [1.82, 2.24) is 0 Å². The molecule has 0 aromatic heterocycles. The van der Waals surface area contributed by atoms with Gasteiger partial charge in [0.2, 0.25) is 0 Å². The maximum absolute atomic E-state index is 6.02. The smallest absolute Gasteiger partial charge is 0.104 e. The summed E-state index contributed by atoms with van der Waals surface area (Å²) in [6.07, 6.45) is 22.2. The molecule has 1 saturated heterocycles. The van der Waals surface area contributed by atoms with Gasteiger partial charge >= 0.3 is 0 Å². The quantitative estimate of drug-likeness (QED) is 0.378. The van der Waals surface area contributed by atoms with Crippen LogP contribution in [0.3, 0.4) is 0 Å². The molecule has 24 heavy (non-hydrogen) atoms. The molecule has 0 spiro atoms. The van der Waals surface area contributed by atoms with E-state index in [1.54, 1.807) is 0 Å². The summed E-state index contributed by atoms with van der Waals surface area (Å²) in [4.78, 5) is 0. The Kier molecular flexibility index (Phi) is 9.36. The predicted octanol–water partition coefficient (Wildman–Crippen LogP) is 5.71. The second kappa shape index (κ2) is 11.0. The Morgan fingerprint density at radius 3 is 2.08 bits per heavy atom. The standard InChI is InChI=1S/C22H32O2/c1-6-10-14-19(12-7-2)20(13-8-3)15-11-16-22(5,9-4)24-18-21-17-23-21/h6-8,10-16,21H,9,17-18H2,1-5H3/b10-6-,12-7-,13-8-,16-11-,19-14+,20-15-. The van der Waals surface area contributed by atoms with Crippen LogP contribution in [0.15, 0.2) is 71.9 Å². The maximum atomic E-state index is 6.02. The van der Waals surface area contributed by atoms with Gasteiger partial charge < -0.3 is 9.47 Å². The van der Waals surface area contributed by atoms with E-state index in [1.165, 1.54) is 11.1 Å². The Bertz CT molecular complexity index is 542. The van der Waals surface area contributed by atoms with E-state index in [4.69, 9.17) is 9.47 Å². The Morgan fingerprint density at radius 1 is 1.04 bits per heavy atom. The highest BCUT2D eigenvalue weighted by Crippen LogP contribution is 2.21. The van der Waals surface area contributed by atoms with Crippen molar-refractivity contribution in [2.75, 3.05) is 13.2 Å².